The second-order valence-corrected chi connectivity index (χ2v) is 5.34. The van der Waals surface area contributed by atoms with Gasteiger partial charge in [0.25, 0.3) is 0 Å². The monoisotopic (exact) mass is 380 g/mol. The van der Waals surface area contributed by atoms with Gasteiger partial charge < -0.3 is 9.47 Å². The van der Waals surface area contributed by atoms with Crippen LogP contribution >= 0.6 is 11.6 Å². The lowest BCUT2D eigenvalue weighted by Gasteiger charge is -2.17. The van der Waals surface area contributed by atoms with Gasteiger partial charge in [-0.25, -0.2) is 0 Å². The number of ketones is 1. The van der Waals surface area contributed by atoms with Crippen LogP contribution in [-0.2, 0) is 25.2 Å². The van der Waals surface area contributed by atoms with E-state index in [1.165, 1.54) is 6.92 Å². The number of carbonyl (C=O) groups is 3. The molecule has 0 heterocycles. The second kappa shape index (κ2) is 8.84. The van der Waals surface area contributed by atoms with Gasteiger partial charge in [0.05, 0.1) is 18.8 Å². The average molecular weight is 381 g/mol. The van der Waals surface area contributed by atoms with Gasteiger partial charge in [0.1, 0.15) is 0 Å². The summed E-state index contributed by atoms with van der Waals surface area (Å²) in [6, 6.07) is 2.42. The normalized spacial score (nSPS) is 12.4. The number of carbonyl (C=O) groups excluding carboxylic acids is 3. The van der Waals surface area contributed by atoms with Gasteiger partial charge in [-0.15, -0.1) is 0 Å². The first-order chi connectivity index (χ1) is 11.6. The molecule has 9 heteroatoms. The van der Waals surface area contributed by atoms with Crippen LogP contribution in [0.4, 0.5) is 13.2 Å². The highest BCUT2D eigenvalue weighted by Gasteiger charge is 2.42. The van der Waals surface area contributed by atoms with E-state index in [1.54, 1.807) is 6.92 Å². The van der Waals surface area contributed by atoms with Gasteiger partial charge in [-0.1, -0.05) is 18.5 Å². The summed E-state index contributed by atoms with van der Waals surface area (Å²) in [5, 5.41) is -0.245. The SMILES string of the molecule is CCCOC(=O)C(C(=O)OCC)C(=O)c1ccc(Cl)cc1C(F)(F)F. The van der Waals surface area contributed by atoms with Crippen LogP contribution in [0.25, 0.3) is 0 Å². The third-order valence-electron chi connectivity index (χ3n) is 3.02. The van der Waals surface area contributed by atoms with E-state index in [-0.39, 0.29) is 18.2 Å². The molecule has 0 aliphatic heterocycles. The zero-order chi connectivity index (χ0) is 19.2. The minimum Gasteiger partial charge on any atom is -0.465 e. The molecule has 0 spiro atoms. The summed E-state index contributed by atoms with van der Waals surface area (Å²) in [6.45, 7) is 2.86. The highest BCUT2D eigenvalue weighted by Crippen LogP contribution is 2.35. The first-order valence-electron chi connectivity index (χ1n) is 7.37. The fourth-order valence-corrected chi connectivity index (χ4v) is 2.12. The first kappa shape index (κ1) is 21.0. The average Bonchev–Trinajstić information content (AvgIpc) is 2.52. The molecule has 138 valence electrons. The minimum absolute atomic E-state index is 0.0885. The Morgan fingerprint density at radius 1 is 1.12 bits per heavy atom. The van der Waals surface area contributed by atoms with Crippen molar-refractivity contribution in [3.63, 3.8) is 0 Å². The van der Waals surface area contributed by atoms with Crippen LogP contribution in [0.5, 0.6) is 0 Å². The Balaban J connectivity index is 3.34. The smallest absolute Gasteiger partial charge is 0.417 e. The molecule has 1 unspecified atom stereocenters. The van der Waals surface area contributed by atoms with Crippen LogP contribution in [-0.4, -0.2) is 30.9 Å². The maximum Gasteiger partial charge on any atom is 0.417 e. The molecule has 0 aliphatic carbocycles. The van der Waals surface area contributed by atoms with Crippen molar-refractivity contribution in [1.29, 1.82) is 0 Å². The number of Topliss-reactive ketones (excluding diaryl/α,β-unsaturated/α-hetero) is 1. The summed E-state index contributed by atoms with van der Waals surface area (Å²) >= 11 is 5.56. The predicted octanol–water partition coefficient (Wildman–Crippen LogP) is 3.67. The highest BCUT2D eigenvalue weighted by molar-refractivity contribution is 6.31. The van der Waals surface area contributed by atoms with E-state index in [2.05, 4.69) is 4.74 Å². The third-order valence-corrected chi connectivity index (χ3v) is 3.26. The van der Waals surface area contributed by atoms with Gasteiger partial charge in [-0.05, 0) is 31.5 Å². The van der Waals surface area contributed by atoms with E-state index in [1.807, 2.05) is 0 Å². The molecular formula is C16H16ClF3O5. The van der Waals surface area contributed by atoms with Crippen molar-refractivity contribution < 1.29 is 37.0 Å². The Morgan fingerprint density at radius 3 is 2.24 bits per heavy atom. The quantitative estimate of drug-likeness (QED) is 0.410. The second-order valence-electron chi connectivity index (χ2n) is 4.90. The lowest BCUT2D eigenvalue weighted by molar-refractivity contribution is -0.159. The molecule has 0 fully saturated rings. The number of esters is 2. The van der Waals surface area contributed by atoms with Crippen LogP contribution in [0.2, 0.25) is 5.02 Å². The van der Waals surface area contributed by atoms with Crippen molar-refractivity contribution >= 4 is 29.3 Å². The molecule has 1 atom stereocenters. The topological polar surface area (TPSA) is 69.7 Å². The predicted molar refractivity (Wildman–Crippen MR) is 82.2 cm³/mol. The highest BCUT2D eigenvalue weighted by atomic mass is 35.5. The number of halogens is 4. The number of ether oxygens (including phenoxy) is 2. The Bertz CT molecular complexity index is 658. The molecule has 1 aromatic carbocycles. The van der Waals surface area contributed by atoms with E-state index in [9.17, 15) is 27.6 Å². The van der Waals surface area contributed by atoms with Gasteiger partial charge in [0.2, 0.25) is 5.92 Å². The van der Waals surface area contributed by atoms with Gasteiger partial charge in [0.15, 0.2) is 5.78 Å². The van der Waals surface area contributed by atoms with Gasteiger partial charge in [-0.2, -0.15) is 13.2 Å². The lowest BCUT2D eigenvalue weighted by atomic mass is 9.93. The molecule has 0 radical (unpaired) electrons. The fourth-order valence-electron chi connectivity index (χ4n) is 1.94. The maximum absolute atomic E-state index is 13.2. The van der Waals surface area contributed by atoms with Crippen LogP contribution < -0.4 is 0 Å². The summed E-state index contributed by atoms with van der Waals surface area (Å²) < 4.78 is 48.9. The van der Waals surface area contributed by atoms with E-state index >= 15 is 0 Å². The summed E-state index contributed by atoms with van der Waals surface area (Å²) in [5.41, 5.74) is -2.20. The Morgan fingerprint density at radius 2 is 1.72 bits per heavy atom. The zero-order valence-electron chi connectivity index (χ0n) is 13.5. The van der Waals surface area contributed by atoms with E-state index < -0.39 is 40.9 Å². The van der Waals surface area contributed by atoms with Crippen LogP contribution in [0.15, 0.2) is 18.2 Å². The van der Waals surface area contributed by atoms with Gasteiger partial charge in [0, 0.05) is 10.6 Å². The van der Waals surface area contributed by atoms with Crippen molar-refractivity contribution in [2.75, 3.05) is 13.2 Å². The summed E-state index contributed by atoms with van der Waals surface area (Å²) in [7, 11) is 0. The van der Waals surface area contributed by atoms with Crippen molar-refractivity contribution in [2.45, 2.75) is 26.4 Å². The zero-order valence-corrected chi connectivity index (χ0v) is 14.2. The number of hydrogen-bond donors (Lipinski definition) is 0. The van der Waals surface area contributed by atoms with Gasteiger partial charge >= 0.3 is 18.1 Å². The molecule has 0 saturated heterocycles. The van der Waals surface area contributed by atoms with E-state index in [0.717, 1.165) is 12.1 Å². The number of hydrogen-bond acceptors (Lipinski definition) is 5. The molecular weight excluding hydrogens is 365 g/mol. The van der Waals surface area contributed by atoms with Crippen molar-refractivity contribution in [3.05, 3.63) is 34.3 Å². The summed E-state index contributed by atoms with van der Waals surface area (Å²) in [6.07, 6.45) is -4.49. The molecule has 0 saturated carbocycles. The summed E-state index contributed by atoms with van der Waals surface area (Å²) in [4.78, 5) is 36.4. The maximum atomic E-state index is 13.2. The van der Waals surface area contributed by atoms with E-state index in [4.69, 9.17) is 16.3 Å². The van der Waals surface area contributed by atoms with Crippen molar-refractivity contribution in [2.24, 2.45) is 5.92 Å². The molecule has 25 heavy (non-hydrogen) atoms. The Labute approximate surface area is 147 Å². The molecule has 0 bridgehead atoms. The third kappa shape index (κ3) is 5.45. The number of rotatable bonds is 7. The number of alkyl halides is 3. The molecule has 5 nitrogen and oxygen atoms in total. The van der Waals surface area contributed by atoms with Crippen molar-refractivity contribution in [3.8, 4) is 0 Å². The molecule has 0 amide bonds. The van der Waals surface area contributed by atoms with Gasteiger partial charge in [-0.3, -0.25) is 14.4 Å². The minimum atomic E-state index is -4.90. The molecule has 1 aromatic rings. The van der Waals surface area contributed by atoms with Crippen molar-refractivity contribution in [1.82, 2.24) is 0 Å². The summed E-state index contributed by atoms with van der Waals surface area (Å²) in [5.74, 6) is -6.01. The fraction of sp³-hybridized carbons (Fsp3) is 0.438. The lowest BCUT2D eigenvalue weighted by Crippen LogP contribution is -2.36. The van der Waals surface area contributed by atoms with Crippen LogP contribution in [0, 0.1) is 5.92 Å². The molecule has 0 N–H and O–H groups in total. The van der Waals surface area contributed by atoms with Crippen LogP contribution in [0.1, 0.15) is 36.2 Å². The molecule has 0 aromatic heterocycles. The Kier molecular flexibility index (Phi) is 7.41. The largest absolute Gasteiger partial charge is 0.465 e. The molecule has 1 rings (SSSR count). The standard InChI is InChI=1S/C16H16ClF3O5/c1-3-7-25-15(23)12(14(22)24-4-2)13(21)10-6-5-9(17)8-11(10)16(18,19)20/h5-6,8,12H,3-4,7H2,1-2H3. The van der Waals surface area contributed by atoms with E-state index in [0.29, 0.717) is 12.5 Å². The Hall–Kier alpha value is -2.09. The molecule has 0 aliphatic rings. The first-order valence-corrected chi connectivity index (χ1v) is 7.75. The van der Waals surface area contributed by atoms with Crippen LogP contribution in [0.3, 0.4) is 0 Å². The number of benzene rings is 1.